The average Bonchev–Trinajstić information content (AvgIpc) is 2.76. The highest BCUT2D eigenvalue weighted by atomic mass is 32.1. The number of nitrogens with zero attached hydrogens (tertiary/aromatic N) is 3. The van der Waals surface area contributed by atoms with Gasteiger partial charge in [-0.05, 0) is 24.4 Å². The van der Waals surface area contributed by atoms with Crippen molar-refractivity contribution in [2.24, 2.45) is 0 Å². The van der Waals surface area contributed by atoms with Gasteiger partial charge in [0.1, 0.15) is 10.9 Å². The molecule has 0 unspecified atom stereocenters. The fourth-order valence-corrected chi connectivity index (χ4v) is 2.03. The van der Waals surface area contributed by atoms with Crippen molar-refractivity contribution >= 4 is 23.6 Å². The minimum Gasteiger partial charge on any atom is -0.468 e. The van der Waals surface area contributed by atoms with Gasteiger partial charge in [0.15, 0.2) is 5.82 Å². The first-order valence-electron chi connectivity index (χ1n) is 4.25. The molecule has 0 saturated carbocycles. The SMILES string of the molecule is COc1nc(=S)nc(-c2ccc(C#N)s2)[nH]1. The van der Waals surface area contributed by atoms with E-state index in [1.165, 1.54) is 18.4 Å². The zero-order valence-corrected chi connectivity index (χ0v) is 9.85. The second kappa shape index (κ2) is 4.38. The van der Waals surface area contributed by atoms with Gasteiger partial charge < -0.3 is 4.74 Å². The number of hydrogen-bond donors (Lipinski definition) is 1. The Hall–Kier alpha value is -1.78. The van der Waals surface area contributed by atoms with Crippen molar-refractivity contribution in [3.05, 3.63) is 21.8 Å². The summed E-state index contributed by atoms with van der Waals surface area (Å²) >= 11 is 6.24. The molecule has 16 heavy (non-hydrogen) atoms. The number of nitriles is 1. The van der Waals surface area contributed by atoms with Gasteiger partial charge in [-0.25, -0.2) is 0 Å². The molecule has 2 rings (SSSR count). The standard InChI is InChI=1S/C9H6N4OS2/c1-14-8-11-7(12-9(15)13-8)6-3-2-5(4-10)16-6/h2-3H,1H3,(H,11,12,13,15). The number of hydrogen-bond acceptors (Lipinski definition) is 6. The molecule has 0 aromatic carbocycles. The van der Waals surface area contributed by atoms with Gasteiger partial charge in [0.25, 0.3) is 6.01 Å². The summed E-state index contributed by atoms with van der Waals surface area (Å²) in [5.41, 5.74) is 0. The van der Waals surface area contributed by atoms with E-state index in [2.05, 4.69) is 21.0 Å². The fraction of sp³-hybridized carbons (Fsp3) is 0.111. The van der Waals surface area contributed by atoms with Crippen LogP contribution in [0.15, 0.2) is 12.1 Å². The maximum Gasteiger partial charge on any atom is 0.297 e. The second-order valence-corrected chi connectivity index (χ2v) is 4.21. The van der Waals surface area contributed by atoms with Crippen LogP contribution in [0.5, 0.6) is 6.01 Å². The van der Waals surface area contributed by atoms with Crippen LogP contribution in [0.3, 0.4) is 0 Å². The Labute approximate surface area is 100 Å². The Kier molecular flexibility index (Phi) is 2.94. The van der Waals surface area contributed by atoms with Gasteiger partial charge in [-0.3, -0.25) is 4.98 Å². The van der Waals surface area contributed by atoms with Crippen molar-refractivity contribution in [3.8, 4) is 22.8 Å². The Bertz CT molecular complexity index is 610. The Morgan fingerprint density at radius 2 is 2.31 bits per heavy atom. The molecule has 0 aliphatic carbocycles. The number of H-pyrrole nitrogens is 1. The molecule has 0 spiro atoms. The number of rotatable bonds is 2. The van der Waals surface area contributed by atoms with E-state index in [-0.39, 0.29) is 4.77 Å². The van der Waals surface area contributed by atoms with Gasteiger partial charge in [-0.15, -0.1) is 11.3 Å². The number of nitrogens with one attached hydrogen (secondary N) is 1. The highest BCUT2D eigenvalue weighted by Crippen LogP contribution is 2.25. The van der Waals surface area contributed by atoms with E-state index in [4.69, 9.17) is 22.2 Å². The van der Waals surface area contributed by atoms with E-state index in [0.29, 0.717) is 16.7 Å². The Morgan fingerprint density at radius 1 is 1.50 bits per heavy atom. The summed E-state index contributed by atoms with van der Waals surface area (Å²) in [4.78, 5) is 12.3. The zero-order chi connectivity index (χ0) is 11.5. The predicted molar refractivity (Wildman–Crippen MR) is 61.8 cm³/mol. The number of methoxy groups -OCH3 is 1. The molecule has 5 nitrogen and oxygen atoms in total. The van der Waals surface area contributed by atoms with Gasteiger partial charge in [-0.1, -0.05) is 0 Å². The van der Waals surface area contributed by atoms with E-state index in [0.717, 1.165) is 4.88 Å². The average molecular weight is 250 g/mol. The first-order chi connectivity index (χ1) is 7.72. The lowest BCUT2D eigenvalue weighted by Crippen LogP contribution is -1.96. The van der Waals surface area contributed by atoms with E-state index >= 15 is 0 Å². The van der Waals surface area contributed by atoms with Crippen LogP contribution in [0, 0.1) is 16.1 Å². The molecule has 0 saturated heterocycles. The van der Waals surface area contributed by atoms with Crippen molar-refractivity contribution in [2.45, 2.75) is 0 Å². The van der Waals surface area contributed by atoms with Gasteiger partial charge >= 0.3 is 0 Å². The van der Waals surface area contributed by atoms with Crippen molar-refractivity contribution in [1.82, 2.24) is 15.0 Å². The first-order valence-corrected chi connectivity index (χ1v) is 5.48. The molecular weight excluding hydrogens is 244 g/mol. The zero-order valence-electron chi connectivity index (χ0n) is 8.22. The van der Waals surface area contributed by atoms with Crippen molar-refractivity contribution < 1.29 is 4.74 Å². The van der Waals surface area contributed by atoms with E-state index in [9.17, 15) is 0 Å². The molecule has 2 aromatic heterocycles. The maximum atomic E-state index is 8.73. The van der Waals surface area contributed by atoms with Crippen molar-refractivity contribution in [2.75, 3.05) is 7.11 Å². The second-order valence-electron chi connectivity index (χ2n) is 2.76. The summed E-state index contributed by atoms with van der Waals surface area (Å²) in [6, 6.07) is 5.90. The van der Waals surface area contributed by atoms with Gasteiger partial charge in [-0.2, -0.15) is 15.2 Å². The van der Waals surface area contributed by atoms with Crippen LogP contribution < -0.4 is 4.74 Å². The third-order valence-corrected chi connectivity index (χ3v) is 2.95. The molecule has 0 bridgehead atoms. The molecule has 2 heterocycles. The normalized spacial score (nSPS) is 9.75. The quantitative estimate of drug-likeness (QED) is 0.826. The first kappa shape index (κ1) is 10.7. The summed E-state index contributed by atoms with van der Waals surface area (Å²) in [6.45, 7) is 0. The van der Waals surface area contributed by atoms with E-state index in [1.807, 2.05) is 0 Å². The van der Waals surface area contributed by atoms with Gasteiger partial charge in [0.2, 0.25) is 4.77 Å². The molecule has 0 radical (unpaired) electrons. The Balaban J connectivity index is 2.51. The summed E-state index contributed by atoms with van der Waals surface area (Å²) in [5, 5.41) is 8.73. The van der Waals surface area contributed by atoms with Crippen LogP contribution in [0.4, 0.5) is 0 Å². The monoisotopic (exact) mass is 250 g/mol. The molecule has 0 fully saturated rings. The summed E-state index contributed by atoms with van der Waals surface area (Å²) in [7, 11) is 1.49. The minimum absolute atomic E-state index is 0.206. The maximum absolute atomic E-state index is 8.73. The lowest BCUT2D eigenvalue weighted by Gasteiger charge is -2.00. The predicted octanol–water partition coefficient (Wildman–Crippen LogP) is 2.14. The highest BCUT2D eigenvalue weighted by Gasteiger charge is 2.06. The molecule has 0 aliphatic heterocycles. The van der Waals surface area contributed by atoms with Crippen LogP contribution in [-0.2, 0) is 0 Å². The lowest BCUT2D eigenvalue weighted by molar-refractivity contribution is 0.378. The fourth-order valence-electron chi connectivity index (χ4n) is 1.10. The molecule has 0 amide bonds. The van der Waals surface area contributed by atoms with Crippen LogP contribution in [0.25, 0.3) is 10.7 Å². The summed E-state index contributed by atoms with van der Waals surface area (Å²) < 4.78 is 5.16. The van der Waals surface area contributed by atoms with E-state index in [1.54, 1.807) is 12.1 Å². The molecular formula is C9H6N4OS2. The molecule has 2 aromatic rings. The third-order valence-electron chi connectivity index (χ3n) is 1.77. The number of thiophene rings is 1. The largest absolute Gasteiger partial charge is 0.468 e. The topological polar surface area (TPSA) is 74.6 Å². The van der Waals surface area contributed by atoms with Crippen LogP contribution >= 0.6 is 23.6 Å². The highest BCUT2D eigenvalue weighted by molar-refractivity contribution is 7.71. The van der Waals surface area contributed by atoms with Crippen molar-refractivity contribution in [1.29, 1.82) is 5.26 Å². The summed E-state index contributed by atoms with van der Waals surface area (Å²) in [6.07, 6.45) is 0. The number of aromatic nitrogens is 3. The van der Waals surface area contributed by atoms with Crippen LogP contribution in [0.1, 0.15) is 4.88 Å². The number of aromatic amines is 1. The van der Waals surface area contributed by atoms with Gasteiger partial charge in [0.05, 0.1) is 12.0 Å². The Morgan fingerprint density at radius 3 is 2.94 bits per heavy atom. The van der Waals surface area contributed by atoms with Crippen LogP contribution in [-0.4, -0.2) is 22.1 Å². The smallest absolute Gasteiger partial charge is 0.297 e. The minimum atomic E-state index is 0.206. The molecule has 0 atom stereocenters. The van der Waals surface area contributed by atoms with Gasteiger partial charge in [0, 0.05) is 0 Å². The third kappa shape index (κ3) is 2.08. The lowest BCUT2D eigenvalue weighted by atomic mass is 10.4. The van der Waals surface area contributed by atoms with E-state index < -0.39 is 0 Å². The molecule has 7 heteroatoms. The van der Waals surface area contributed by atoms with Crippen LogP contribution in [0.2, 0.25) is 0 Å². The molecule has 1 N–H and O–H groups in total. The summed E-state index contributed by atoms with van der Waals surface area (Å²) in [5.74, 6) is 0.559. The number of ether oxygens (including phenoxy) is 1. The molecule has 0 aliphatic rings. The van der Waals surface area contributed by atoms with Crippen molar-refractivity contribution in [3.63, 3.8) is 0 Å². The molecule has 80 valence electrons.